The van der Waals surface area contributed by atoms with Crippen molar-refractivity contribution >= 4 is 17.4 Å². The number of fused-ring (bicyclic) bond motifs is 1. The molecule has 3 aromatic rings. The number of hydrogen-bond acceptors (Lipinski definition) is 3. The number of anilines is 2. The monoisotopic (exact) mass is 426 g/mol. The fraction of sp³-hybridized carbons (Fsp3) is 0.182. The van der Waals surface area contributed by atoms with Gasteiger partial charge in [0.05, 0.1) is 40.2 Å². The van der Waals surface area contributed by atoms with Crippen molar-refractivity contribution in [1.82, 2.24) is 9.88 Å². The number of urea groups is 1. The van der Waals surface area contributed by atoms with Crippen LogP contribution in [0.4, 0.5) is 29.3 Å². The summed E-state index contributed by atoms with van der Waals surface area (Å²) in [5, 5.41) is 22.6. The van der Waals surface area contributed by atoms with Gasteiger partial charge < -0.3 is 15.0 Å². The Morgan fingerprint density at radius 1 is 1.19 bits per heavy atom. The van der Waals surface area contributed by atoms with Gasteiger partial charge in [0.1, 0.15) is 0 Å². The van der Waals surface area contributed by atoms with Crippen LogP contribution in [-0.2, 0) is 12.7 Å². The zero-order valence-corrected chi connectivity index (χ0v) is 16.3. The third-order valence-corrected chi connectivity index (χ3v) is 5.21. The summed E-state index contributed by atoms with van der Waals surface area (Å²) in [5.74, 6) is -0.0937. The van der Waals surface area contributed by atoms with Gasteiger partial charge in [0, 0.05) is 12.7 Å². The zero-order chi connectivity index (χ0) is 22.3. The van der Waals surface area contributed by atoms with E-state index in [0.29, 0.717) is 23.2 Å². The summed E-state index contributed by atoms with van der Waals surface area (Å²) in [4.78, 5) is 14.1. The Labute approximate surface area is 175 Å². The Kier molecular flexibility index (Phi) is 4.85. The average Bonchev–Trinajstić information content (AvgIpc) is 3.09. The standard InChI is InChI=1S/C22H17F3N4O2/c1-2-28-12-17-18(20(28)30)19(14-8-6-13(11-26)7-9-14)27-21(31)29(17)16-5-3-4-15(10-16)22(23,24)25/h3-10,12,19,30H,2H2,1H3,(H,27,31)/t19-/m1/s1. The minimum Gasteiger partial charge on any atom is -0.494 e. The first-order chi connectivity index (χ1) is 14.7. The Hall–Kier alpha value is -3.93. The van der Waals surface area contributed by atoms with Crippen molar-refractivity contribution in [3.05, 3.63) is 77.0 Å². The molecule has 1 aliphatic heterocycles. The Bertz CT molecular complexity index is 1190. The number of carbonyl (C=O) groups excluding carboxylic acids is 1. The lowest BCUT2D eigenvalue weighted by atomic mass is 9.96. The molecule has 158 valence electrons. The molecule has 1 aliphatic rings. The summed E-state index contributed by atoms with van der Waals surface area (Å²) >= 11 is 0. The van der Waals surface area contributed by atoms with E-state index >= 15 is 0 Å². The molecule has 0 bridgehead atoms. The van der Waals surface area contributed by atoms with E-state index in [0.717, 1.165) is 17.0 Å². The second kappa shape index (κ2) is 7.40. The highest BCUT2D eigenvalue weighted by molar-refractivity contribution is 6.03. The van der Waals surface area contributed by atoms with Crippen LogP contribution < -0.4 is 10.2 Å². The second-order valence-electron chi connectivity index (χ2n) is 7.04. The zero-order valence-electron chi connectivity index (χ0n) is 16.3. The summed E-state index contributed by atoms with van der Waals surface area (Å²) in [6, 6.07) is 11.6. The van der Waals surface area contributed by atoms with Crippen LogP contribution >= 0.6 is 0 Å². The first-order valence-electron chi connectivity index (χ1n) is 9.44. The molecule has 0 aliphatic carbocycles. The number of alkyl halides is 3. The third-order valence-electron chi connectivity index (χ3n) is 5.21. The predicted molar refractivity (Wildman–Crippen MR) is 107 cm³/mol. The first-order valence-corrected chi connectivity index (χ1v) is 9.44. The second-order valence-corrected chi connectivity index (χ2v) is 7.04. The highest BCUT2D eigenvalue weighted by Gasteiger charge is 2.38. The van der Waals surface area contributed by atoms with Gasteiger partial charge in [0.25, 0.3) is 0 Å². The highest BCUT2D eigenvalue weighted by Crippen LogP contribution is 2.45. The molecule has 2 heterocycles. The number of aryl methyl sites for hydroxylation is 1. The molecule has 31 heavy (non-hydrogen) atoms. The van der Waals surface area contributed by atoms with E-state index in [2.05, 4.69) is 5.32 Å². The Morgan fingerprint density at radius 2 is 1.90 bits per heavy atom. The smallest absolute Gasteiger partial charge is 0.416 e. The molecule has 2 amide bonds. The maximum absolute atomic E-state index is 13.2. The topological polar surface area (TPSA) is 81.3 Å². The number of nitriles is 1. The van der Waals surface area contributed by atoms with Gasteiger partial charge in [-0.3, -0.25) is 4.90 Å². The number of benzene rings is 2. The number of nitrogens with zero attached hydrogens (tertiary/aromatic N) is 3. The van der Waals surface area contributed by atoms with Gasteiger partial charge in [-0.1, -0.05) is 18.2 Å². The number of amides is 2. The van der Waals surface area contributed by atoms with Gasteiger partial charge in [0.2, 0.25) is 0 Å². The maximum Gasteiger partial charge on any atom is 0.416 e. The van der Waals surface area contributed by atoms with Crippen molar-refractivity contribution in [2.24, 2.45) is 0 Å². The molecular weight excluding hydrogens is 409 g/mol. The number of hydrogen-bond donors (Lipinski definition) is 2. The lowest BCUT2D eigenvalue weighted by Crippen LogP contribution is -2.44. The first kappa shape index (κ1) is 20.3. The van der Waals surface area contributed by atoms with Gasteiger partial charge in [0.15, 0.2) is 5.88 Å². The van der Waals surface area contributed by atoms with Crippen LogP contribution in [0.1, 0.15) is 35.2 Å². The van der Waals surface area contributed by atoms with Gasteiger partial charge in [-0.05, 0) is 42.8 Å². The molecule has 0 fully saturated rings. The van der Waals surface area contributed by atoms with Gasteiger partial charge in [-0.15, -0.1) is 0 Å². The van der Waals surface area contributed by atoms with E-state index in [1.54, 1.807) is 37.4 Å². The quantitative estimate of drug-likeness (QED) is 0.615. The largest absolute Gasteiger partial charge is 0.494 e. The average molecular weight is 426 g/mol. The molecule has 0 radical (unpaired) electrons. The van der Waals surface area contributed by atoms with Crippen LogP contribution in [-0.4, -0.2) is 15.7 Å². The fourth-order valence-corrected chi connectivity index (χ4v) is 3.69. The number of carbonyl (C=O) groups is 1. The number of aromatic hydroxyl groups is 1. The number of rotatable bonds is 3. The number of aromatic nitrogens is 1. The molecule has 0 spiro atoms. The number of nitrogens with one attached hydrogen (secondary N) is 1. The molecule has 0 saturated heterocycles. The summed E-state index contributed by atoms with van der Waals surface area (Å²) < 4.78 is 41.1. The van der Waals surface area contributed by atoms with Crippen molar-refractivity contribution in [3.63, 3.8) is 0 Å². The van der Waals surface area contributed by atoms with E-state index in [-0.39, 0.29) is 17.3 Å². The van der Waals surface area contributed by atoms with Gasteiger partial charge in [-0.25, -0.2) is 4.79 Å². The van der Waals surface area contributed by atoms with Crippen LogP contribution in [0.15, 0.2) is 54.7 Å². The number of halogens is 3. The Morgan fingerprint density at radius 3 is 2.52 bits per heavy atom. The summed E-state index contributed by atoms with van der Waals surface area (Å²) in [5.41, 5.74) is 0.863. The fourth-order valence-electron chi connectivity index (χ4n) is 3.69. The van der Waals surface area contributed by atoms with Crippen molar-refractivity contribution < 1.29 is 23.1 Å². The van der Waals surface area contributed by atoms with Crippen LogP contribution in [0.25, 0.3) is 0 Å². The van der Waals surface area contributed by atoms with Crippen LogP contribution in [0.5, 0.6) is 5.88 Å². The van der Waals surface area contributed by atoms with Gasteiger partial charge >= 0.3 is 12.2 Å². The molecule has 1 aromatic heterocycles. The predicted octanol–water partition coefficient (Wildman–Crippen LogP) is 5.05. The van der Waals surface area contributed by atoms with Crippen molar-refractivity contribution in [2.45, 2.75) is 25.7 Å². The maximum atomic E-state index is 13.2. The van der Waals surface area contributed by atoms with Crippen LogP contribution in [0.3, 0.4) is 0 Å². The minimum absolute atomic E-state index is 0.0279. The molecule has 2 aromatic carbocycles. The van der Waals surface area contributed by atoms with E-state index < -0.39 is 23.8 Å². The summed E-state index contributed by atoms with van der Waals surface area (Å²) in [6.45, 7) is 2.19. The van der Waals surface area contributed by atoms with E-state index in [1.807, 2.05) is 6.07 Å². The van der Waals surface area contributed by atoms with E-state index in [4.69, 9.17) is 5.26 Å². The van der Waals surface area contributed by atoms with Gasteiger partial charge in [-0.2, -0.15) is 18.4 Å². The third kappa shape index (κ3) is 3.46. The van der Waals surface area contributed by atoms with Crippen molar-refractivity contribution in [3.8, 4) is 11.9 Å². The Balaban J connectivity index is 1.87. The summed E-state index contributed by atoms with van der Waals surface area (Å²) in [7, 11) is 0. The lowest BCUT2D eigenvalue weighted by Gasteiger charge is -2.33. The molecular formula is C22H17F3N4O2. The van der Waals surface area contributed by atoms with E-state index in [9.17, 15) is 23.1 Å². The molecule has 0 unspecified atom stereocenters. The van der Waals surface area contributed by atoms with E-state index in [1.165, 1.54) is 16.7 Å². The van der Waals surface area contributed by atoms with Crippen LogP contribution in [0.2, 0.25) is 0 Å². The molecule has 0 saturated carbocycles. The molecule has 6 nitrogen and oxygen atoms in total. The molecule has 9 heteroatoms. The van der Waals surface area contributed by atoms with Crippen molar-refractivity contribution in [1.29, 1.82) is 5.26 Å². The molecule has 4 rings (SSSR count). The highest BCUT2D eigenvalue weighted by atomic mass is 19.4. The normalized spacial score (nSPS) is 15.9. The van der Waals surface area contributed by atoms with Crippen molar-refractivity contribution in [2.75, 3.05) is 4.90 Å². The van der Waals surface area contributed by atoms with Crippen LogP contribution in [0, 0.1) is 11.3 Å². The summed E-state index contributed by atoms with van der Waals surface area (Å²) in [6.07, 6.45) is -3.02. The SMILES string of the molecule is CCn1cc2c(c1O)[C@@H](c1ccc(C#N)cc1)NC(=O)N2c1cccc(C(F)(F)F)c1. The molecule has 2 N–H and O–H groups in total. The molecule has 1 atom stereocenters. The minimum atomic E-state index is -4.56. The lowest BCUT2D eigenvalue weighted by molar-refractivity contribution is -0.137.